The van der Waals surface area contributed by atoms with Crippen LogP contribution in [0, 0.1) is 5.92 Å². The van der Waals surface area contributed by atoms with Crippen molar-refractivity contribution in [1.82, 2.24) is 9.21 Å². The first-order chi connectivity index (χ1) is 11.7. The summed E-state index contributed by atoms with van der Waals surface area (Å²) in [7, 11) is -0.674. The van der Waals surface area contributed by atoms with Crippen molar-refractivity contribution in [3.63, 3.8) is 0 Å². The molecule has 8 heteroatoms. The fraction of sp³-hybridized carbons (Fsp3) is 0.529. The number of hydrogen-bond acceptors (Lipinski definition) is 5. The van der Waals surface area contributed by atoms with Gasteiger partial charge in [-0.15, -0.1) is 0 Å². The summed E-state index contributed by atoms with van der Waals surface area (Å²) in [6, 6.07) is 5.46. The minimum atomic E-state index is -3.54. The molecule has 1 saturated heterocycles. The summed E-state index contributed by atoms with van der Waals surface area (Å²) in [5.41, 5.74) is 0.206. The molecule has 0 aliphatic carbocycles. The second kappa shape index (κ2) is 7.97. The van der Waals surface area contributed by atoms with Gasteiger partial charge in [-0.25, -0.2) is 17.5 Å². The molecule has 2 rings (SSSR count). The second-order valence-corrected chi connectivity index (χ2v) is 8.63. The number of sulfonamides is 1. The van der Waals surface area contributed by atoms with Gasteiger partial charge in [-0.05, 0) is 43.0 Å². The van der Waals surface area contributed by atoms with Crippen LogP contribution in [0.2, 0.25) is 0 Å². The molecule has 25 heavy (non-hydrogen) atoms. The van der Waals surface area contributed by atoms with Crippen LogP contribution in [-0.4, -0.2) is 63.3 Å². The van der Waals surface area contributed by atoms with Crippen LogP contribution < -0.4 is 0 Å². The molecule has 0 bridgehead atoms. The van der Waals surface area contributed by atoms with E-state index in [-0.39, 0.29) is 23.0 Å². The summed E-state index contributed by atoms with van der Waals surface area (Å²) in [5.74, 6) is -0.390. The molecule has 1 fully saturated rings. The van der Waals surface area contributed by atoms with Gasteiger partial charge in [0.15, 0.2) is 6.61 Å². The van der Waals surface area contributed by atoms with Crippen LogP contribution in [0.1, 0.15) is 30.1 Å². The Balaban J connectivity index is 1.94. The normalized spacial score (nSPS) is 18.2. The fourth-order valence-electron chi connectivity index (χ4n) is 2.69. The van der Waals surface area contributed by atoms with Gasteiger partial charge in [0, 0.05) is 27.2 Å². The molecule has 1 amide bonds. The Bertz CT molecular complexity index is 728. The van der Waals surface area contributed by atoms with Crippen molar-refractivity contribution >= 4 is 21.9 Å². The number of hydrogen-bond donors (Lipinski definition) is 0. The van der Waals surface area contributed by atoms with Crippen molar-refractivity contribution < 1.29 is 22.7 Å². The average Bonchev–Trinajstić information content (AvgIpc) is 2.59. The third kappa shape index (κ3) is 4.79. The Morgan fingerprint density at radius 3 is 2.44 bits per heavy atom. The van der Waals surface area contributed by atoms with Crippen LogP contribution >= 0.6 is 0 Å². The zero-order valence-corrected chi connectivity index (χ0v) is 15.6. The van der Waals surface area contributed by atoms with E-state index in [1.807, 2.05) is 0 Å². The molecule has 7 nitrogen and oxygen atoms in total. The van der Waals surface area contributed by atoms with E-state index in [4.69, 9.17) is 4.74 Å². The van der Waals surface area contributed by atoms with Crippen molar-refractivity contribution in [2.45, 2.75) is 24.7 Å². The number of likely N-dealkylation sites (tertiary alicyclic amines) is 1. The lowest BCUT2D eigenvalue weighted by Gasteiger charge is -2.30. The SMILES string of the molecule is C[C@@H]1CCCN(C(=O)COC(=O)c2ccc(S(=O)(=O)N(C)C)cc2)C1. The Morgan fingerprint density at radius 1 is 1.24 bits per heavy atom. The maximum atomic E-state index is 12.1. The number of nitrogens with zero attached hydrogens (tertiary/aromatic N) is 2. The summed E-state index contributed by atoms with van der Waals surface area (Å²) >= 11 is 0. The summed E-state index contributed by atoms with van der Waals surface area (Å²) in [6.07, 6.45) is 2.06. The van der Waals surface area contributed by atoms with E-state index >= 15 is 0 Å². The van der Waals surface area contributed by atoms with Crippen LogP contribution in [0.25, 0.3) is 0 Å². The summed E-state index contributed by atoms with van der Waals surface area (Å²) in [5, 5.41) is 0. The molecule has 0 saturated carbocycles. The predicted molar refractivity (Wildman–Crippen MR) is 92.6 cm³/mol. The highest BCUT2D eigenvalue weighted by atomic mass is 32.2. The minimum absolute atomic E-state index is 0.0902. The molecular formula is C17H24N2O5S. The quantitative estimate of drug-likeness (QED) is 0.733. The van der Waals surface area contributed by atoms with Crippen molar-refractivity contribution in [2.24, 2.45) is 5.92 Å². The molecule has 1 heterocycles. The van der Waals surface area contributed by atoms with Crippen LogP contribution in [0.5, 0.6) is 0 Å². The molecule has 138 valence electrons. The topological polar surface area (TPSA) is 84.0 Å². The van der Waals surface area contributed by atoms with E-state index in [9.17, 15) is 18.0 Å². The van der Waals surface area contributed by atoms with Gasteiger partial charge in [-0.1, -0.05) is 6.92 Å². The first-order valence-electron chi connectivity index (χ1n) is 8.19. The lowest BCUT2D eigenvalue weighted by molar-refractivity contribution is -0.136. The molecular weight excluding hydrogens is 344 g/mol. The molecule has 0 aromatic heterocycles. The van der Waals surface area contributed by atoms with Crippen molar-refractivity contribution in [3.05, 3.63) is 29.8 Å². The maximum Gasteiger partial charge on any atom is 0.338 e. The first kappa shape index (κ1) is 19.4. The Kier molecular flexibility index (Phi) is 6.18. The molecule has 1 aliphatic rings. The number of rotatable bonds is 5. The summed E-state index contributed by atoms with van der Waals surface area (Å²) < 4.78 is 30.1. The van der Waals surface area contributed by atoms with E-state index in [2.05, 4.69) is 6.92 Å². The standard InChI is InChI=1S/C17H24N2O5S/c1-13-5-4-10-19(11-13)16(20)12-24-17(21)14-6-8-15(9-7-14)25(22,23)18(2)3/h6-9,13H,4-5,10-12H2,1-3H3/t13-/m1/s1. The number of carbonyl (C=O) groups excluding carboxylic acids is 2. The number of benzene rings is 1. The van der Waals surface area contributed by atoms with E-state index in [0.29, 0.717) is 19.0 Å². The lowest BCUT2D eigenvalue weighted by Crippen LogP contribution is -2.41. The van der Waals surface area contributed by atoms with Gasteiger partial charge in [0.2, 0.25) is 10.0 Å². The lowest BCUT2D eigenvalue weighted by atomic mass is 10.0. The largest absolute Gasteiger partial charge is 0.452 e. The van der Waals surface area contributed by atoms with Gasteiger partial charge >= 0.3 is 5.97 Å². The highest BCUT2D eigenvalue weighted by molar-refractivity contribution is 7.89. The van der Waals surface area contributed by atoms with Crippen LogP contribution in [-0.2, 0) is 19.6 Å². The van der Waals surface area contributed by atoms with Gasteiger partial charge in [0.05, 0.1) is 10.5 Å². The molecule has 0 N–H and O–H groups in total. The maximum absolute atomic E-state index is 12.1. The van der Waals surface area contributed by atoms with E-state index < -0.39 is 16.0 Å². The van der Waals surface area contributed by atoms with Gasteiger partial charge < -0.3 is 9.64 Å². The third-order valence-corrected chi connectivity index (χ3v) is 6.03. The molecule has 0 spiro atoms. The van der Waals surface area contributed by atoms with E-state index in [1.165, 1.54) is 38.4 Å². The van der Waals surface area contributed by atoms with Gasteiger partial charge in [0.1, 0.15) is 0 Å². The third-order valence-electron chi connectivity index (χ3n) is 4.21. The number of amides is 1. The Hall–Kier alpha value is -1.93. The van der Waals surface area contributed by atoms with E-state index in [1.54, 1.807) is 4.90 Å². The molecule has 1 aliphatic heterocycles. The number of piperidine rings is 1. The highest BCUT2D eigenvalue weighted by Crippen LogP contribution is 2.16. The average molecular weight is 368 g/mol. The van der Waals surface area contributed by atoms with Gasteiger partial charge in [-0.3, -0.25) is 4.79 Å². The van der Waals surface area contributed by atoms with Crippen LogP contribution in [0.15, 0.2) is 29.2 Å². The monoisotopic (exact) mass is 368 g/mol. The van der Waals surface area contributed by atoms with E-state index in [0.717, 1.165) is 17.1 Å². The zero-order valence-electron chi connectivity index (χ0n) is 14.8. The minimum Gasteiger partial charge on any atom is -0.452 e. The molecule has 1 aromatic rings. The Morgan fingerprint density at radius 2 is 1.88 bits per heavy atom. The van der Waals surface area contributed by atoms with Crippen LogP contribution in [0.3, 0.4) is 0 Å². The Labute approximate surface area is 148 Å². The zero-order chi connectivity index (χ0) is 18.6. The van der Waals surface area contributed by atoms with Gasteiger partial charge in [-0.2, -0.15) is 0 Å². The highest BCUT2D eigenvalue weighted by Gasteiger charge is 2.22. The first-order valence-corrected chi connectivity index (χ1v) is 9.63. The van der Waals surface area contributed by atoms with Crippen molar-refractivity contribution in [3.8, 4) is 0 Å². The summed E-state index contributed by atoms with van der Waals surface area (Å²) in [4.78, 5) is 25.9. The molecule has 1 aromatic carbocycles. The number of ether oxygens (including phenoxy) is 1. The molecule has 1 atom stereocenters. The van der Waals surface area contributed by atoms with Gasteiger partial charge in [0.25, 0.3) is 5.91 Å². The molecule has 0 unspecified atom stereocenters. The second-order valence-electron chi connectivity index (χ2n) is 6.48. The van der Waals surface area contributed by atoms with Crippen molar-refractivity contribution in [1.29, 1.82) is 0 Å². The smallest absolute Gasteiger partial charge is 0.338 e. The number of esters is 1. The van der Waals surface area contributed by atoms with Crippen molar-refractivity contribution in [2.75, 3.05) is 33.8 Å². The number of carbonyl (C=O) groups is 2. The van der Waals surface area contributed by atoms with Crippen LogP contribution in [0.4, 0.5) is 0 Å². The molecule has 0 radical (unpaired) electrons. The predicted octanol–water partition coefficient (Wildman–Crippen LogP) is 1.35. The fourth-order valence-corrected chi connectivity index (χ4v) is 3.59. The summed E-state index contributed by atoms with van der Waals surface area (Å²) in [6.45, 7) is 3.17.